The molecule has 0 aromatic carbocycles. The second-order valence-electron chi connectivity index (χ2n) is 5.30. The molecule has 1 fully saturated rings. The molecule has 2 atom stereocenters. The van der Waals surface area contributed by atoms with Crippen LogP contribution in [0.3, 0.4) is 0 Å². The van der Waals surface area contributed by atoms with E-state index in [-0.39, 0.29) is 0 Å². The molecule has 0 radical (unpaired) electrons. The molecule has 0 saturated heterocycles. The lowest BCUT2D eigenvalue weighted by Crippen LogP contribution is -2.43. The number of nitrogens with zero attached hydrogens (tertiary/aromatic N) is 1. The first-order valence-electron chi connectivity index (χ1n) is 6.57. The van der Waals surface area contributed by atoms with Crippen LogP contribution in [0.1, 0.15) is 46.5 Å². The average molecular weight is 212 g/mol. The van der Waals surface area contributed by atoms with Gasteiger partial charge < -0.3 is 10.2 Å². The molecular formula is C13H28N2. The lowest BCUT2D eigenvalue weighted by atomic mass is 9.85. The van der Waals surface area contributed by atoms with Crippen LogP contribution >= 0.6 is 0 Å². The zero-order valence-corrected chi connectivity index (χ0v) is 10.9. The molecular weight excluding hydrogens is 184 g/mol. The third-order valence-corrected chi connectivity index (χ3v) is 3.90. The lowest BCUT2D eigenvalue weighted by Gasteiger charge is -2.33. The average Bonchev–Trinajstić information content (AvgIpc) is 2.18. The summed E-state index contributed by atoms with van der Waals surface area (Å²) in [7, 11) is 2.27. The summed E-state index contributed by atoms with van der Waals surface area (Å²) in [6.07, 6.45) is 5.59. The summed E-state index contributed by atoms with van der Waals surface area (Å²) in [5.41, 5.74) is 0. The van der Waals surface area contributed by atoms with Gasteiger partial charge in [-0.1, -0.05) is 13.3 Å². The van der Waals surface area contributed by atoms with Gasteiger partial charge in [-0.05, 0) is 46.1 Å². The fraction of sp³-hybridized carbons (Fsp3) is 1.00. The highest BCUT2D eigenvalue weighted by Gasteiger charge is 2.21. The Kier molecular flexibility index (Phi) is 5.62. The maximum atomic E-state index is 3.58. The molecule has 1 rings (SSSR count). The topological polar surface area (TPSA) is 15.3 Å². The van der Waals surface area contributed by atoms with E-state index in [1.807, 2.05) is 0 Å². The molecule has 0 bridgehead atoms. The van der Waals surface area contributed by atoms with Crippen molar-refractivity contribution in [2.45, 2.75) is 58.5 Å². The number of likely N-dealkylation sites (N-methyl/N-ethyl adjacent to an activating group) is 1. The van der Waals surface area contributed by atoms with Crippen molar-refractivity contribution >= 4 is 0 Å². The van der Waals surface area contributed by atoms with Crippen LogP contribution in [0, 0.1) is 5.92 Å². The Balaban J connectivity index is 2.11. The van der Waals surface area contributed by atoms with Gasteiger partial charge >= 0.3 is 0 Å². The largest absolute Gasteiger partial charge is 0.313 e. The maximum Gasteiger partial charge on any atom is 0.0189 e. The standard InChI is InChI=1S/C13H28N2/c1-5-11(2)14-9-12(3)15(4)10-13-7-6-8-13/h11-14H,5-10H2,1-4H3. The Morgan fingerprint density at radius 2 is 2.00 bits per heavy atom. The lowest BCUT2D eigenvalue weighted by molar-refractivity contribution is 0.165. The zero-order valence-electron chi connectivity index (χ0n) is 10.9. The molecule has 0 aromatic heterocycles. The highest BCUT2D eigenvalue weighted by atomic mass is 15.1. The van der Waals surface area contributed by atoms with Gasteiger partial charge in [0.25, 0.3) is 0 Å². The van der Waals surface area contributed by atoms with Crippen molar-refractivity contribution < 1.29 is 0 Å². The van der Waals surface area contributed by atoms with Gasteiger partial charge in [0, 0.05) is 25.2 Å². The molecule has 1 aliphatic rings. The minimum absolute atomic E-state index is 0.657. The molecule has 2 nitrogen and oxygen atoms in total. The quantitative estimate of drug-likeness (QED) is 0.697. The molecule has 0 amide bonds. The molecule has 0 aromatic rings. The van der Waals surface area contributed by atoms with E-state index >= 15 is 0 Å². The van der Waals surface area contributed by atoms with E-state index < -0.39 is 0 Å². The summed E-state index contributed by atoms with van der Waals surface area (Å²) in [6, 6.07) is 1.32. The summed E-state index contributed by atoms with van der Waals surface area (Å²) < 4.78 is 0. The number of nitrogens with one attached hydrogen (secondary N) is 1. The Morgan fingerprint density at radius 3 is 2.47 bits per heavy atom. The summed E-state index contributed by atoms with van der Waals surface area (Å²) >= 11 is 0. The monoisotopic (exact) mass is 212 g/mol. The number of rotatable bonds is 7. The van der Waals surface area contributed by atoms with Crippen LogP contribution in [0.5, 0.6) is 0 Å². The molecule has 0 aliphatic heterocycles. The van der Waals surface area contributed by atoms with E-state index in [2.05, 4.69) is 38.0 Å². The number of hydrogen-bond donors (Lipinski definition) is 1. The van der Waals surface area contributed by atoms with E-state index in [1.54, 1.807) is 0 Å². The Labute approximate surface area is 95.4 Å². The van der Waals surface area contributed by atoms with Crippen molar-refractivity contribution in [3.8, 4) is 0 Å². The normalized spacial score (nSPS) is 21.4. The van der Waals surface area contributed by atoms with Crippen molar-refractivity contribution in [2.24, 2.45) is 5.92 Å². The minimum atomic E-state index is 0.657. The van der Waals surface area contributed by atoms with Crippen LogP contribution < -0.4 is 5.32 Å². The molecule has 1 N–H and O–H groups in total. The van der Waals surface area contributed by atoms with Crippen molar-refractivity contribution in [1.82, 2.24) is 10.2 Å². The first-order chi connectivity index (χ1) is 7.13. The van der Waals surface area contributed by atoms with E-state index in [0.717, 1.165) is 12.5 Å². The van der Waals surface area contributed by atoms with Crippen molar-refractivity contribution in [2.75, 3.05) is 20.1 Å². The van der Waals surface area contributed by atoms with Crippen LogP contribution in [-0.4, -0.2) is 37.1 Å². The van der Waals surface area contributed by atoms with Gasteiger partial charge in [-0.2, -0.15) is 0 Å². The third-order valence-electron chi connectivity index (χ3n) is 3.90. The van der Waals surface area contributed by atoms with Crippen molar-refractivity contribution in [3.63, 3.8) is 0 Å². The summed E-state index contributed by atoms with van der Waals surface area (Å²) in [5.74, 6) is 0.987. The maximum absolute atomic E-state index is 3.58. The van der Waals surface area contributed by atoms with Gasteiger partial charge in [-0.15, -0.1) is 0 Å². The summed E-state index contributed by atoms with van der Waals surface area (Å²) in [6.45, 7) is 9.24. The minimum Gasteiger partial charge on any atom is -0.313 e. The van der Waals surface area contributed by atoms with E-state index in [4.69, 9.17) is 0 Å². The van der Waals surface area contributed by atoms with Crippen LogP contribution in [-0.2, 0) is 0 Å². The van der Waals surface area contributed by atoms with Crippen LogP contribution in [0.15, 0.2) is 0 Å². The first-order valence-corrected chi connectivity index (χ1v) is 6.57. The Bertz CT molecular complexity index is 166. The van der Waals surface area contributed by atoms with Gasteiger partial charge in [0.2, 0.25) is 0 Å². The Morgan fingerprint density at radius 1 is 1.33 bits per heavy atom. The molecule has 2 heteroatoms. The highest BCUT2D eigenvalue weighted by Crippen LogP contribution is 2.27. The molecule has 15 heavy (non-hydrogen) atoms. The molecule has 1 aliphatic carbocycles. The Hall–Kier alpha value is -0.0800. The van der Waals surface area contributed by atoms with Gasteiger partial charge in [-0.25, -0.2) is 0 Å². The van der Waals surface area contributed by atoms with Crippen molar-refractivity contribution in [1.29, 1.82) is 0 Å². The van der Waals surface area contributed by atoms with Gasteiger partial charge in [0.15, 0.2) is 0 Å². The highest BCUT2D eigenvalue weighted by molar-refractivity contribution is 4.76. The fourth-order valence-electron chi connectivity index (χ4n) is 1.93. The zero-order chi connectivity index (χ0) is 11.3. The fourth-order valence-corrected chi connectivity index (χ4v) is 1.93. The predicted molar refractivity (Wildman–Crippen MR) is 67.2 cm³/mol. The van der Waals surface area contributed by atoms with Crippen LogP contribution in [0.2, 0.25) is 0 Å². The molecule has 0 heterocycles. The van der Waals surface area contributed by atoms with Crippen LogP contribution in [0.4, 0.5) is 0 Å². The molecule has 90 valence electrons. The predicted octanol–water partition coefficient (Wildman–Crippen LogP) is 2.49. The van der Waals surface area contributed by atoms with Gasteiger partial charge in [0.05, 0.1) is 0 Å². The molecule has 1 saturated carbocycles. The van der Waals surface area contributed by atoms with E-state index in [0.29, 0.717) is 12.1 Å². The third kappa shape index (κ3) is 4.52. The summed E-state index contributed by atoms with van der Waals surface area (Å²) in [4.78, 5) is 2.51. The van der Waals surface area contributed by atoms with E-state index in [1.165, 1.54) is 32.2 Å². The summed E-state index contributed by atoms with van der Waals surface area (Å²) in [5, 5.41) is 3.58. The van der Waals surface area contributed by atoms with E-state index in [9.17, 15) is 0 Å². The van der Waals surface area contributed by atoms with Gasteiger partial charge in [0.1, 0.15) is 0 Å². The SMILES string of the molecule is CCC(C)NCC(C)N(C)CC1CCC1. The van der Waals surface area contributed by atoms with Crippen LogP contribution in [0.25, 0.3) is 0 Å². The number of hydrogen-bond acceptors (Lipinski definition) is 2. The molecule has 2 unspecified atom stereocenters. The van der Waals surface area contributed by atoms with Gasteiger partial charge in [-0.3, -0.25) is 0 Å². The first kappa shape index (κ1) is 13.0. The van der Waals surface area contributed by atoms with Crippen molar-refractivity contribution in [3.05, 3.63) is 0 Å². The second kappa shape index (κ2) is 6.49. The smallest absolute Gasteiger partial charge is 0.0189 e. The molecule has 0 spiro atoms. The second-order valence-corrected chi connectivity index (χ2v) is 5.30.